The van der Waals surface area contributed by atoms with Gasteiger partial charge in [0, 0.05) is 24.7 Å². The van der Waals surface area contributed by atoms with Gasteiger partial charge in [-0.15, -0.1) is 0 Å². The smallest absolute Gasteiger partial charge is 0.276 e. The van der Waals surface area contributed by atoms with Crippen molar-refractivity contribution in [2.45, 2.75) is 19.4 Å². The largest absolute Gasteiger partial charge is 0.494 e. The first-order valence-corrected chi connectivity index (χ1v) is 11.5. The van der Waals surface area contributed by atoms with Gasteiger partial charge in [0.1, 0.15) is 18.1 Å². The molecule has 0 unspecified atom stereocenters. The number of nitrogens with one attached hydrogen (secondary N) is 1. The number of anilines is 4. The molecule has 1 aliphatic heterocycles. The molecule has 0 saturated heterocycles. The van der Waals surface area contributed by atoms with E-state index in [1.54, 1.807) is 38.1 Å². The van der Waals surface area contributed by atoms with E-state index in [1.807, 2.05) is 19.0 Å². The second-order valence-corrected chi connectivity index (χ2v) is 9.05. The van der Waals surface area contributed by atoms with Crippen molar-refractivity contribution in [2.75, 3.05) is 44.6 Å². The lowest BCUT2D eigenvalue weighted by molar-refractivity contribution is -0.384. The van der Waals surface area contributed by atoms with Gasteiger partial charge < -0.3 is 24.4 Å². The summed E-state index contributed by atoms with van der Waals surface area (Å²) in [5, 5.41) is 14.4. The van der Waals surface area contributed by atoms with E-state index in [4.69, 9.17) is 14.2 Å². The van der Waals surface area contributed by atoms with Gasteiger partial charge in [0.15, 0.2) is 17.2 Å². The molecule has 1 aliphatic rings. The molecule has 0 atom stereocenters. The van der Waals surface area contributed by atoms with Crippen molar-refractivity contribution < 1.29 is 23.9 Å². The molecule has 1 N–H and O–H groups in total. The molecule has 0 spiro atoms. The molecule has 0 saturated carbocycles. The van der Waals surface area contributed by atoms with Crippen LogP contribution < -0.4 is 24.4 Å². The van der Waals surface area contributed by atoms with Crippen molar-refractivity contribution >= 4 is 34.7 Å². The molecule has 0 bridgehead atoms. The molecule has 37 heavy (non-hydrogen) atoms. The minimum Gasteiger partial charge on any atom is -0.494 e. The van der Waals surface area contributed by atoms with Gasteiger partial charge >= 0.3 is 0 Å². The van der Waals surface area contributed by atoms with Crippen LogP contribution in [0.2, 0.25) is 0 Å². The number of carbonyl (C=O) groups excluding carboxylic acids is 1. The van der Waals surface area contributed by atoms with Gasteiger partial charge in [-0.05, 0) is 46.1 Å². The van der Waals surface area contributed by atoms with Crippen LogP contribution in [-0.2, 0) is 4.79 Å². The monoisotopic (exact) mass is 508 g/mol. The Hall–Kier alpha value is -4.45. The Morgan fingerprint density at radius 2 is 2.00 bits per heavy atom. The van der Waals surface area contributed by atoms with E-state index in [2.05, 4.69) is 15.3 Å². The number of nitro groups is 1. The van der Waals surface area contributed by atoms with Gasteiger partial charge in [-0.25, -0.2) is 4.98 Å². The zero-order valence-corrected chi connectivity index (χ0v) is 21.2. The lowest BCUT2D eigenvalue weighted by Crippen LogP contribution is -2.51. The van der Waals surface area contributed by atoms with Crippen molar-refractivity contribution in [3.63, 3.8) is 0 Å². The molecule has 0 radical (unpaired) electrons. The molecule has 2 aromatic carbocycles. The second kappa shape index (κ2) is 10.3. The number of amides is 1. The van der Waals surface area contributed by atoms with Crippen molar-refractivity contribution in [3.8, 4) is 17.2 Å². The standard InChI is InChI=1S/C25H28N6O6/c1-25(2)23(32)30(16-7-6-8-17(13-16)31(33)34)22-21(37-25)15-26-24(28-22)27-19-10-9-18(14-20(19)35-5)36-12-11-29(3)4/h6-10,13-15H,11-12H2,1-5H3,(H,26,27,28). The summed E-state index contributed by atoms with van der Waals surface area (Å²) in [4.78, 5) is 36.3. The van der Waals surface area contributed by atoms with E-state index >= 15 is 0 Å². The molecule has 2 heterocycles. The maximum absolute atomic E-state index is 13.3. The minimum absolute atomic E-state index is 0.152. The van der Waals surface area contributed by atoms with Crippen LogP contribution in [0.25, 0.3) is 0 Å². The molecule has 1 amide bonds. The van der Waals surface area contributed by atoms with Crippen LogP contribution in [0.15, 0.2) is 48.7 Å². The average molecular weight is 509 g/mol. The van der Waals surface area contributed by atoms with Crippen LogP contribution in [0.3, 0.4) is 0 Å². The number of non-ortho nitro benzene ring substituents is 1. The number of likely N-dealkylation sites (N-methyl/N-ethyl adjacent to an activating group) is 1. The Labute approximate surface area is 213 Å². The molecule has 12 heteroatoms. The molecule has 1 aromatic heterocycles. The summed E-state index contributed by atoms with van der Waals surface area (Å²) in [6, 6.07) is 11.1. The summed E-state index contributed by atoms with van der Waals surface area (Å²) in [6.45, 7) is 4.52. The molecular weight excluding hydrogens is 480 g/mol. The van der Waals surface area contributed by atoms with E-state index in [-0.39, 0.29) is 23.2 Å². The van der Waals surface area contributed by atoms with Gasteiger partial charge in [-0.2, -0.15) is 4.98 Å². The zero-order chi connectivity index (χ0) is 26.7. The summed E-state index contributed by atoms with van der Waals surface area (Å²) in [5.41, 5.74) is -0.520. The summed E-state index contributed by atoms with van der Waals surface area (Å²) in [7, 11) is 5.47. The normalized spacial score (nSPS) is 14.1. The van der Waals surface area contributed by atoms with E-state index in [1.165, 1.54) is 36.4 Å². The Morgan fingerprint density at radius 1 is 1.22 bits per heavy atom. The molecular formula is C25H28N6O6. The summed E-state index contributed by atoms with van der Waals surface area (Å²) >= 11 is 0. The number of fused-ring (bicyclic) bond motifs is 1. The van der Waals surface area contributed by atoms with Crippen LogP contribution in [0.5, 0.6) is 17.2 Å². The highest BCUT2D eigenvalue weighted by Crippen LogP contribution is 2.42. The topological polar surface area (TPSA) is 132 Å². The quantitative estimate of drug-likeness (QED) is 0.335. The first-order chi connectivity index (χ1) is 17.6. The fourth-order valence-corrected chi connectivity index (χ4v) is 3.65. The summed E-state index contributed by atoms with van der Waals surface area (Å²) in [5.74, 6) is 1.32. The molecule has 12 nitrogen and oxygen atoms in total. The molecule has 0 aliphatic carbocycles. The van der Waals surface area contributed by atoms with Crippen LogP contribution in [0.1, 0.15) is 13.8 Å². The Bertz CT molecular complexity index is 1330. The Kier molecular flexibility index (Phi) is 7.11. The SMILES string of the molecule is COc1cc(OCCN(C)C)ccc1Nc1ncc2c(n1)N(c1cccc([N+](=O)[O-])c1)C(=O)C(C)(C)O2. The van der Waals surface area contributed by atoms with Gasteiger partial charge in [0.2, 0.25) is 5.95 Å². The number of nitro benzene ring substituents is 1. The highest BCUT2D eigenvalue weighted by molar-refractivity contribution is 6.07. The molecule has 3 aromatic rings. The number of nitrogens with zero attached hydrogens (tertiary/aromatic N) is 5. The molecule has 0 fully saturated rings. The minimum atomic E-state index is -1.23. The first kappa shape index (κ1) is 25.6. The van der Waals surface area contributed by atoms with Crippen LogP contribution >= 0.6 is 0 Å². The highest BCUT2D eigenvalue weighted by atomic mass is 16.6. The van der Waals surface area contributed by atoms with Gasteiger partial charge in [-0.3, -0.25) is 19.8 Å². The fourth-order valence-electron chi connectivity index (χ4n) is 3.65. The number of methoxy groups -OCH3 is 1. The van der Waals surface area contributed by atoms with Gasteiger partial charge in [0.25, 0.3) is 11.6 Å². The van der Waals surface area contributed by atoms with Gasteiger partial charge in [-0.1, -0.05) is 6.07 Å². The van der Waals surface area contributed by atoms with Gasteiger partial charge in [0.05, 0.1) is 29.6 Å². The molecule has 194 valence electrons. The summed E-state index contributed by atoms with van der Waals surface area (Å²) < 4.78 is 17.1. The third-order valence-electron chi connectivity index (χ3n) is 5.56. The third kappa shape index (κ3) is 5.54. The van der Waals surface area contributed by atoms with Crippen molar-refractivity contribution in [1.29, 1.82) is 0 Å². The zero-order valence-electron chi connectivity index (χ0n) is 21.2. The number of hydrogen-bond donors (Lipinski definition) is 1. The van der Waals surface area contributed by atoms with Crippen molar-refractivity contribution in [1.82, 2.24) is 14.9 Å². The van der Waals surface area contributed by atoms with E-state index < -0.39 is 16.4 Å². The van der Waals surface area contributed by atoms with E-state index in [9.17, 15) is 14.9 Å². The maximum atomic E-state index is 13.3. The summed E-state index contributed by atoms with van der Waals surface area (Å²) in [6.07, 6.45) is 1.45. The number of rotatable bonds is 9. The Balaban J connectivity index is 1.67. The average Bonchev–Trinajstić information content (AvgIpc) is 2.85. The van der Waals surface area contributed by atoms with E-state index in [0.29, 0.717) is 29.5 Å². The van der Waals surface area contributed by atoms with Crippen LogP contribution in [0, 0.1) is 10.1 Å². The number of aromatic nitrogens is 2. The fraction of sp³-hybridized carbons (Fsp3) is 0.320. The molecule has 4 rings (SSSR count). The maximum Gasteiger partial charge on any atom is 0.276 e. The van der Waals surface area contributed by atoms with Crippen molar-refractivity contribution in [3.05, 3.63) is 58.8 Å². The van der Waals surface area contributed by atoms with E-state index in [0.717, 1.165) is 6.54 Å². The third-order valence-corrected chi connectivity index (χ3v) is 5.56. The van der Waals surface area contributed by atoms with Crippen LogP contribution in [-0.4, -0.2) is 65.7 Å². The second-order valence-electron chi connectivity index (χ2n) is 9.05. The predicted molar refractivity (Wildman–Crippen MR) is 137 cm³/mol. The number of ether oxygens (including phenoxy) is 3. The number of benzene rings is 2. The lowest BCUT2D eigenvalue weighted by atomic mass is 10.0. The van der Waals surface area contributed by atoms with Crippen molar-refractivity contribution in [2.24, 2.45) is 0 Å². The number of hydrogen-bond acceptors (Lipinski definition) is 10. The Morgan fingerprint density at radius 3 is 2.70 bits per heavy atom. The number of carbonyl (C=O) groups is 1. The highest BCUT2D eigenvalue weighted by Gasteiger charge is 2.43. The lowest BCUT2D eigenvalue weighted by Gasteiger charge is -2.37. The van der Waals surface area contributed by atoms with Crippen LogP contribution in [0.4, 0.5) is 28.8 Å². The first-order valence-electron chi connectivity index (χ1n) is 11.5. The predicted octanol–water partition coefficient (Wildman–Crippen LogP) is 3.91.